The number of amides is 1. The number of hydrogen-bond acceptors (Lipinski definition) is 6. The predicted molar refractivity (Wildman–Crippen MR) is 69.4 cm³/mol. The molecule has 0 bridgehead atoms. The van der Waals surface area contributed by atoms with Crippen molar-refractivity contribution in [3.05, 3.63) is 17.8 Å². The SMILES string of the molecule is CNC(=O)C1COCCN1c1ccc(N)c(C#N)n1. The summed E-state index contributed by atoms with van der Waals surface area (Å²) in [5.74, 6) is 0.416. The number of ether oxygens (including phenoxy) is 1. The molecular formula is C12H15N5O2. The molecule has 0 saturated carbocycles. The van der Waals surface area contributed by atoms with Crippen LogP contribution < -0.4 is 16.0 Å². The zero-order valence-electron chi connectivity index (χ0n) is 10.6. The first-order valence-corrected chi connectivity index (χ1v) is 5.90. The van der Waals surface area contributed by atoms with Gasteiger partial charge in [0.2, 0.25) is 5.91 Å². The average Bonchev–Trinajstić information content (AvgIpc) is 2.47. The highest BCUT2D eigenvalue weighted by Crippen LogP contribution is 2.20. The van der Waals surface area contributed by atoms with Crippen LogP contribution in [0.3, 0.4) is 0 Å². The number of nitriles is 1. The number of nitrogens with zero attached hydrogens (tertiary/aromatic N) is 3. The Morgan fingerprint density at radius 3 is 3.16 bits per heavy atom. The van der Waals surface area contributed by atoms with Crippen molar-refractivity contribution in [3.63, 3.8) is 0 Å². The Bertz CT molecular complexity index is 525. The molecule has 7 nitrogen and oxygen atoms in total. The quantitative estimate of drug-likeness (QED) is 0.742. The molecule has 2 rings (SSSR count). The lowest BCUT2D eigenvalue weighted by Gasteiger charge is -2.35. The van der Waals surface area contributed by atoms with Gasteiger partial charge in [0.05, 0.1) is 18.9 Å². The molecule has 7 heteroatoms. The number of aromatic nitrogens is 1. The third-order valence-corrected chi connectivity index (χ3v) is 2.99. The first-order chi connectivity index (χ1) is 9.17. The molecule has 1 aliphatic heterocycles. The van der Waals surface area contributed by atoms with Gasteiger partial charge in [0.25, 0.3) is 0 Å². The Morgan fingerprint density at radius 1 is 1.68 bits per heavy atom. The lowest BCUT2D eigenvalue weighted by atomic mass is 10.2. The van der Waals surface area contributed by atoms with Crippen molar-refractivity contribution in [2.75, 3.05) is 37.4 Å². The number of nitrogens with one attached hydrogen (secondary N) is 1. The summed E-state index contributed by atoms with van der Waals surface area (Å²) in [6, 6.07) is 4.82. The number of nitrogens with two attached hydrogens (primary N) is 1. The monoisotopic (exact) mass is 261 g/mol. The van der Waals surface area contributed by atoms with Gasteiger partial charge in [-0.1, -0.05) is 0 Å². The van der Waals surface area contributed by atoms with E-state index in [1.807, 2.05) is 11.0 Å². The van der Waals surface area contributed by atoms with Gasteiger partial charge in [-0.3, -0.25) is 4.79 Å². The zero-order valence-corrected chi connectivity index (χ0v) is 10.6. The zero-order chi connectivity index (χ0) is 13.8. The molecule has 1 aromatic rings. The maximum atomic E-state index is 11.8. The third-order valence-electron chi connectivity index (χ3n) is 2.99. The number of rotatable bonds is 2. The van der Waals surface area contributed by atoms with Crippen molar-refractivity contribution in [1.29, 1.82) is 5.26 Å². The minimum Gasteiger partial charge on any atom is -0.396 e. The van der Waals surface area contributed by atoms with Crippen molar-refractivity contribution < 1.29 is 9.53 Å². The highest BCUT2D eigenvalue weighted by Gasteiger charge is 2.30. The lowest BCUT2D eigenvalue weighted by Crippen LogP contribution is -2.53. The minimum atomic E-state index is -0.443. The molecule has 1 amide bonds. The lowest BCUT2D eigenvalue weighted by molar-refractivity contribution is -0.124. The minimum absolute atomic E-state index is 0.142. The molecule has 1 aliphatic rings. The molecule has 1 aromatic heterocycles. The number of anilines is 2. The van der Waals surface area contributed by atoms with Crippen LogP contribution in [0.2, 0.25) is 0 Å². The second kappa shape index (κ2) is 5.54. The molecule has 1 unspecified atom stereocenters. The van der Waals surface area contributed by atoms with Gasteiger partial charge in [-0.05, 0) is 12.1 Å². The van der Waals surface area contributed by atoms with Crippen LogP contribution >= 0.6 is 0 Å². The average molecular weight is 261 g/mol. The summed E-state index contributed by atoms with van der Waals surface area (Å²) in [6.45, 7) is 1.36. The van der Waals surface area contributed by atoms with Gasteiger partial charge in [-0.25, -0.2) is 4.98 Å². The van der Waals surface area contributed by atoms with E-state index >= 15 is 0 Å². The van der Waals surface area contributed by atoms with Crippen molar-refractivity contribution in [2.45, 2.75) is 6.04 Å². The van der Waals surface area contributed by atoms with Crippen molar-refractivity contribution in [3.8, 4) is 6.07 Å². The van der Waals surface area contributed by atoms with E-state index in [2.05, 4.69) is 10.3 Å². The molecule has 1 fully saturated rings. The van der Waals surface area contributed by atoms with E-state index in [1.54, 1.807) is 19.2 Å². The summed E-state index contributed by atoms with van der Waals surface area (Å²) in [7, 11) is 1.58. The molecule has 0 spiro atoms. The Morgan fingerprint density at radius 2 is 2.47 bits per heavy atom. The molecule has 100 valence electrons. The summed E-state index contributed by atoms with van der Waals surface area (Å²) in [6.07, 6.45) is 0. The van der Waals surface area contributed by atoms with Gasteiger partial charge >= 0.3 is 0 Å². The van der Waals surface area contributed by atoms with Crippen LogP contribution in [-0.2, 0) is 9.53 Å². The van der Waals surface area contributed by atoms with Gasteiger partial charge in [0.15, 0.2) is 5.69 Å². The summed E-state index contributed by atoms with van der Waals surface area (Å²) in [4.78, 5) is 17.8. The fourth-order valence-electron chi connectivity index (χ4n) is 1.97. The summed E-state index contributed by atoms with van der Waals surface area (Å²) >= 11 is 0. The molecule has 3 N–H and O–H groups in total. The molecule has 1 atom stereocenters. The summed E-state index contributed by atoms with van der Waals surface area (Å²) in [5.41, 5.74) is 6.14. The first kappa shape index (κ1) is 13.1. The highest BCUT2D eigenvalue weighted by molar-refractivity contribution is 5.85. The molecule has 0 radical (unpaired) electrons. The van der Waals surface area contributed by atoms with Crippen molar-refractivity contribution >= 4 is 17.4 Å². The van der Waals surface area contributed by atoms with E-state index in [0.29, 0.717) is 31.3 Å². The number of carbonyl (C=O) groups excluding carboxylic acids is 1. The molecule has 0 aromatic carbocycles. The van der Waals surface area contributed by atoms with E-state index in [-0.39, 0.29) is 11.6 Å². The topological polar surface area (TPSA) is 104 Å². The van der Waals surface area contributed by atoms with Gasteiger partial charge in [0.1, 0.15) is 17.9 Å². The molecular weight excluding hydrogens is 246 g/mol. The fraction of sp³-hybridized carbons (Fsp3) is 0.417. The van der Waals surface area contributed by atoms with Crippen molar-refractivity contribution in [2.24, 2.45) is 0 Å². The van der Waals surface area contributed by atoms with Crippen LogP contribution in [0.1, 0.15) is 5.69 Å². The standard InChI is InChI=1S/C12H15N5O2/c1-15-12(18)10-7-19-5-4-17(10)11-3-2-8(14)9(6-13)16-11/h2-3,10H,4-5,7,14H2,1H3,(H,15,18). The number of carbonyl (C=O) groups is 1. The van der Waals surface area contributed by atoms with Crippen molar-refractivity contribution in [1.82, 2.24) is 10.3 Å². The Kier molecular flexibility index (Phi) is 3.82. The van der Waals surface area contributed by atoms with Crippen LogP contribution in [0.4, 0.5) is 11.5 Å². The van der Waals surface area contributed by atoms with Gasteiger partial charge in [-0.2, -0.15) is 5.26 Å². The van der Waals surface area contributed by atoms with Gasteiger partial charge < -0.3 is 20.7 Å². The second-order valence-corrected chi connectivity index (χ2v) is 4.12. The number of morpholine rings is 1. The number of nitrogen functional groups attached to an aromatic ring is 1. The smallest absolute Gasteiger partial charge is 0.244 e. The van der Waals surface area contributed by atoms with Crippen LogP contribution in [-0.4, -0.2) is 43.7 Å². The number of likely N-dealkylation sites (N-methyl/N-ethyl adjacent to an activating group) is 1. The molecule has 2 heterocycles. The maximum absolute atomic E-state index is 11.8. The Balaban J connectivity index is 2.32. The molecule has 0 aliphatic carbocycles. The predicted octanol–water partition coefficient (Wildman–Crippen LogP) is -0.513. The van der Waals surface area contributed by atoms with Crippen LogP contribution in [0.25, 0.3) is 0 Å². The fourth-order valence-corrected chi connectivity index (χ4v) is 1.97. The normalized spacial score (nSPS) is 18.7. The van der Waals surface area contributed by atoms with Crippen LogP contribution in [0.15, 0.2) is 12.1 Å². The maximum Gasteiger partial charge on any atom is 0.244 e. The summed E-state index contributed by atoms with van der Waals surface area (Å²) in [5, 5.41) is 11.5. The first-order valence-electron chi connectivity index (χ1n) is 5.90. The highest BCUT2D eigenvalue weighted by atomic mass is 16.5. The number of hydrogen-bond donors (Lipinski definition) is 2. The van der Waals surface area contributed by atoms with E-state index < -0.39 is 6.04 Å². The Hall–Kier alpha value is -2.33. The van der Waals surface area contributed by atoms with Gasteiger partial charge in [-0.15, -0.1) is 0 Å². The second-order valence-electron chi connectivity index (χ2n) is 4.12. The largest absolute Gasteiger partial charge is 0.396 e. The Labute approximate surface area is 111 Å². The van der Waals surface area contributed by atoms with E-state index in [4.69, 9.17) is 15.7 Å². The van der Waals surface area contributed by atoms with Crippen LogP contribution in [0, 0.1) is 11.3 Å². The summed E-state index contributed by atoms with van der Waals surface area (Å²) < 4.78 is 5.32. The van der Waals surface area contributed by atoms with E-state index in [0.717, 1.165) is 0 Å². The third kappa shape index (κ3) is 2.58. The molecule has 1 saturated heterocycles. The van der Waals surface area contributed by atoms with E-state index in [9.17, 15) is 4.79 Å². The van der Waals surface area contributed by atoms with E-state index in [1.165, 1.54) is 0 Å². The van der Waals surface area contributed by atoms with Crippen LogP contribution in [0.5, 0.6) is 0 Å². The van der Waals surface area contributed by atoms with Gasteiger partial charge in [0, 0.05) is 13.6 Å². The number of pyridine rings is 1. The molecule has 19 heavy (non-hydrogen) atoms.